The Labute approximate surface area is 226 Å². The van der Waals surface area contributed by atoms with Crippen molar-refractivity contribution in [3.63, 3.8) is 0 Å². The fourth-order valence-electron chi connectivity index (χ4n) is 5.43. The number of nitrogen functional groups attached to an aromatic ring is 1. The molecule has 2 rings (SSSR count). The molecule has 0 heterocycles. The van der Waals surface area contributed by atoms with Gasteiger partial charge in [-0.1, -0.05) is 76.2 Å². The molecule has 2 aromatic carbocycles. The molecule has 0 aliphatic rings. The second kappa shape index (κ2) is 13.7. The van der Waals surface area contributed by atoms with E-state index in [2.05, 4.69) is 5.43 Å². The van der Waals surface area contributed by atoms with Crippen molar-refractivity contribution in [2.45, 2.75) is 63.9 Å². The molecule has 210 valence electrons. The second-order valence-corrected chi connectivity index (χ2v) is 13.1. The summed E-state index contributed by atoms with van der Waals surface area (Å²) in [5.41, 5.74) is 11.5. The van der Waals surface area contributed by atoms with Crippen molar-refractivity contribution in [2.24, 2.45) is 29.5 Å². The summed E-state index contributed by atoms with van der Waals surface area (Å²) in [4.78, 5) is 26.6. The van der Waals surface area contributed by atoms with Gasteiger partial charge in [-0.2, -0.15) is 0 Å². The minimum atomic E-state index is -4.17. The number of aryl methyl sites for hydroxylation is 1. The third kappa shape index (κ3) is 7.55. The average molecular weight is 547 g/mol. The van der Waals surface area contributed by atoms with E-state index in [1.807, 2.05) is 58.0 Å². The number of para-hydroxylation sites is 1. The smallest absolute Gasteiger partial charge is 0.248 e. The number of hydrazine groups is 1. The van der Waals surface area contributed by atoms with Crippen LogP contribution in [0.2, 0.25) is 0 Å². The van der Waals surface area contributed by atoms with Crippen LogP contribution in [-0.4, -0.2) is 30.2 Å². The molecule has 0 saturated heterocycles. The fraction of sp³-hybridized carbons (Fsp3) is 0.500. The minimum Gasteiger partial charge on any atom is -0.398 e. The van der Waals surface area contributed by atoms with Crippen LogP contribution in [0.1, 0.15) is 58.1 Å². The Morgan fingerprint density at radius 1 is 0.947 bits per heavy atom. The molecule has 2 amide bonds. The molecule has 0 saturated carbocycles. The van der Waals surface area contributed by atoms with Gasteiger partial charge in [-0.3, -0.25) is 20.2 Å². The van der Waals surface area contributed by atoms with Crippen LogP contribution in [0.25, 0.3) is 0 Å². The van der Waals surface area contributed by atoms with Crippen LogP contribution in [-0.2, 0) is 31.6 Å². The Hall–Kier alpha value is -2.95. The van der Waals surface area contributed by atoms with Crippen molar-refractivity contribution in [2.75, 3.05) is 5.73 Å². The number of hydrogen-bond donors (Lipinski definition) is 5. The predicted molar refractivity (Wildman–Crippen MR) is 149 cm³/mol. The molecule has 0 spiro atoms. The summed E-state index contributed by atoms with van der Waals surface area (Å²) in [5, 5.41) is 9.85. The lowest BCUT2D eigenvalue weighted by Crippen LogP contribution is -2.59. The highest BCUT2D eigenvalue weighted by molar-refractivity contribution is 7.92. The highest BCUT2D eigenvalue weighted by atomic mass is 32.2. The first-order valence-corrected chi connectivity index (χ1v) is 14.6. The van der Waals surface area contributed by atoms with Gasteiger partial charge in [0.05, 0.1) is 22.3 Å². The molecule has 0 aromatic heterocycles. The van der Waals surface area contributed by atoms with E-state index in [1.54, 1.807) is 29.7 Å². The first kappa shape index (κ1) is 31.3. The quantitative estimate of drug-likeness (QED) is 0.0796. The molecule has 2 aromatic rings. The predicted octanol–water partition coefficient (Wildman–Crippen LogP) is 3.38. The van der Waals surface area contributed by atoms with Gasteiger partial charge in [0.2, 0.25) is 11.8 Å². The van der Waals surface area contributed by atoms with E-state index in [0.717, 1.165) is 5.56 Å². The molecule has 1 unspecified atom stereocenters. The largest absolute Gasteiger partial charge is 0.398 e. The van der Waals surface area contributed by atoms with E-state index in [4.69, 9.17) is 11.6 Å². The van der Waals surface area contributed by atoms with Gasteiger partial charge in [0.1, 0.15) is 0 Å². The molecule has 0 aliphatic heterocycles. The Bertz CT molecular complexity index is 1170. The number of nitrogens with one attached hydrogen (secondary N) is 2. The highest BCUT2D eigenvalue weighted by Crippen LogP contribution is 2.45. The van der Waals surface area contributed by atoms with Gasteiger partial charge in [0.25, 0.3) is 0 Å². The summed E-state index contributed by atoms with van der Waals surface area (Å²) >= 11 is 0. The van der Waals surface area contributed by atoms with E-state index < -0.39 is 44.0 Å². The molecule has 10 heteroatoms. The van der Waals surface area contributed by atoms with Crippen LogP contribution in [0, 0.1) is 23.7 Å². The van der Waals surface area contributed by atoms with Gasteiger partial charge < -0.3 is 5.73 Å². The SMILES string of the molecule is CC(C)C[C@@H](C(=O)NN)[C@@H](C(=O)NO)C(CCc1ccccc1)(CC(C)C)S(=O)(=O)Cc1ccccc1N. The number of hydrogen-bond acceptors (Lipinski definition) is 7. The Morgan fingerprint density at radius 2 is 1.55 bits per heavy atom. The Balaban J connectivity index is 2.86. The number of benzene rings is 2. The van der Waals surface area contributed by atoms with Gasteiger partial charge in [-0.15, -0.1) is 0 Å². The van der Waals surface area contributed by atoms with Crippen molar-refractivity contribution in [3.05, 3.63) is 65.7 Å². The molecule has 3 atom stereocenters. The summed E-state index contributed by atoms with van der Waals surface area (Å²) in [5.74, 6) is 0.765. The average Bonchev–Trinajstić information content (AvgIpc) is 2.87. The van der Waals surface area contributed by atoms with Crippen molar-refractivity contribution < 1.29 is 23.2 Å². The van der Waals surface area contributed by atoms with E-state index >= 15 is 0 Å². The lowest BCUT2D eigenvalue weighted by molar-refractivity contribution is -0.143. The number of amides is 2. The number of hydroxylamine groups is 1. The van der Waals surface area contributed by atoms with Crippen LogP contribution in [0.5, 0.6) is 0 Å². The van der Waals surface area contributed by atoms with Crippen LogP contribution in [0.3, 0.4) is 0 Å². The normalized spacial score (nSPS) is 15.1. The third-order valence-electron chi connectivity index (χ3n) is 7.02. The van der Waals surface area contributed by atoms with Crippen molar-refractivity contribution in [3.8, 4) is 0 Å². The van der Waals surface area contributed by atoms with Crippen LogP contribution in [0.15, 0.2) is 54.6 Å². The monoisotopic (exact) mass is 546 g/mol. The molecule has 38 heavy (non-hydrogen) atoms. The van der Waals surface area contributed by atoms with Gasteiger partial charge in [-0.25, -0.2) is 19.7 Å². The summed E-state index contributed by atoms with van der Waals surface area (Å²) < 4.78 is 27.5. The van der Waals surface area contributed by atoms with E-state index in [0.29, 0.717) is 17.7 Å². The number of carbonyl (C=O) groups is 2. The van der Waals surface area contributed by atoms with Crippen molar-refractivity contribution in [1.29, 1.82) is 0 Å². The fourth-order valence-corrected chi connectivity index (χ4v) is 8.05. The minimum absolute atomic E-state index is 0.0504. The summed E-state index contributed by atoms with van der Waals surface area (Å²) in [6.45, 7) is 7.49. The van der Waals surface area contributed by atoms with Crippen LogP contribution < -0.4 is 22.5 Å². The summed E-state index contributed by atoms with van der Waals surface area (Å²) in [6.07, 6.45) is 0.661. The maximum atomic E-state index is 14.6. The number of rotatable bonds is 14. The first-order valence-electron chi connectivity index (χ1n) is 12.9. The maximum Gasteiger partial charge on any atom is 0.248 e. The molecular formula is C28H42N4O5S. The molecule has 0 aliphatic carbocycles. The molecule has 0 radical (unpaired) electrons. The zero-order valence-electron chi connectivity index (χ0n) is 22.7. The lowest BCUT2D eigenvalue weighted by atomic mass is 9.71. The number of carbonyl (C=O) groups excluding carboxylic acids is 2. The molecular weight excluding hydrogens is 504 g/mol. The van der Waals surface area contributed by atoms with Gasteiger partial charge in [0, 0.05) is 5.69 Å². The van der Waals surface area contributed by atoms with E-state index in [9.17, 15) is 23.2 Å². The Kier molecular flexibility index (Phi) is 11.3. The summed E-state index contributed by atoms with van der Waals surface area (Å²) in [6, 6.07) is 16.1. The zero-order chi connectivity index (χ0) is 28.5. The zero-order valence-corrected chi connectivity index (χ0v) is 23.5. The third-order valence-corrected chi connectivity index (χ3v) is 9.57. The van der Waals surface area contributed by atoms with E-state index in [1.165, 1.54) is 0 Å². The molecule has 0 bridgehead atoms. The van der Waals surface area contributed by atoms with Gasteiger partial charge >= 0.3 is 0 Å². The number of nitrogens with two attached hydrogens (primary N) is 2. The van der Waals surface area contributed by atoms with Crippen molar-refractivity contribution >= 4 is 27.3 Å². The Morgan fingerprint density at radius 3 is 2.08 bits per heavy atom. The molecule has 9 nitrogen and oxygen atoms in total. The number of sulfone groups is 1. The lowest BCUT2D eigenvalue weighted by Gasteiger charge is -2.43. The topological polar surface area (TPSA) is 165 Å². The first-order chi connectivity index (χ1) is 17.9. The van der Waals surface area contributed by atoms with Crippen LogP contribution >= 0.6 is 0 Å². The molecule has 7 N–H and O–H groups in total. The highest BCUT2D eigenvalue weighted by Gasteiger charge is 2.56. The van der Waals surface area contributed by atoms with E-state index in [-0.39, 0.29) is 31.1 Å². The van der Waals surface area contributed by atoms with Crippen molar-refractivity contribution in [1.82, 2.24) is 10.9 Å². The molecule has 0 fully saturated rings. The van der Waals surface area contributed by atoms with Gasteiger partial charge in [0.15, 0.2) is 9.84 Å². The summed E-state index contributed by atoms with van der Waals surface area (Å²) in [7, 11) is -4.17. The van der Waals surface area contributed by atoms with Crippen LogP contribution in [0.4, 0.5) is 5.69 Å². The van der Waals surface area contributed by atoms with Gasteiger partial charge in [-0.05, 0) is 54.7 Å². The second-order valence-electron chi connectivity index (χ2n) is 10.8. The standard InChI is InChI=1S/C28H42N4O5S/c1-19(2)16-23(26(33)31-30)25(27(34)32-35)28(17-20(3)4,15-14-21-10-6-5-7-11-21)38(36,37)18-22-12-8-9-13-24(22)29/h5-13,19-20,23,25,35H,14-18,29-30H2,1-4H3,(H,31,33)(H,32,34)/t23-,25+,28?/m1/s1. The maximum absolute atomic E-state index is 14.6. The number of anilines is 1.